The summed E-state index contributed by atoms with van der Waals surface area (Å²) in [6.07, 6.45) is -0.514. The zero-order valence-corrected chi connectivity index (χ0v) is 13.1. The topological polar surface area (TPSA) is 91.8 Å². The van der Waals surface area contributed by atoms with Gasteiger partial charge >= 0.3 is 6.18 Å². The highest BCUT2D eigenvalue weighted by Crippen LogP contribution is 2.29. The van der Waals surface area contributed by atoms with Crippen molar-refractivity contribution in [2.24, 2.45) is 0 Å². The molecule has 0 radical (unpaired) electrons. The summed E-state index contributed by atoms with van der Waals surface area (Å²) in [7, 11) is 0. The van der Waals surface area contributed by atoms with Crippen LogP contribution in [0.2, 0.25) is 0 Å². The Hall–Kier alpha value is -2.62. The zero-order valence-electron chi connectivity index (χ0n) is 13.1. The number of aromatic nitrogens is 3. The van der Waals surface area contributed by atoms with Crippen LogP contribution in [0, 0.1) is 0 Å². The molecule has 1 unspecified atom stereocenters. The first-order chi connectivity index (χ1) is 11.8. The van der Waals surface area contributed by atoms with Crippen molar-refractivity contribution in [2.45, 2.75) is 25.1 Å². The van der Waals surface area contributed by atoms with Crippen LogP contribution in [0.25, 0.3) is 0 Å². The molecule has 1 aliphatic rings. The van der Waals surface area contributed by atoms with Gasteiger partial charge in [0.25, 0.3) is 11.5 Å². The van der Waals surface area contributed by atoms with Crippen molar-refractivity contribution in [1.82, 2.24) is 20.1 Å². The number of rotatable bonds is 3. The van der Waals surface area contributed by atoms with Crippen molar-refractivity contribution in [1.29, 1.82) is 0 Å². The van der Waals surface area contributed by atoms with Crippen LogP contribution in [-0.4, -0.2) is 33.8 Å². The highest BCUT2D eigenvalue weighted by molar-refractivity contribution is 6.02. The van der Waals surface area contributed by atoms with E-state index in [0.29, 0.717) is 12.3 Å². The molecule has 3 rings (SSSR count). The molecule has 10 heteroatoms. The maximum atomic E-state index is 12.7. The molecule has 3 heterocycles. The molecule has 1 atom stereocenters. The van der Waals surface area contributed by atoms with E-state index in [4.69, 9.17) is 0 Å². The second-order valence-corrected chi connectivity index (χ2v) is 5.76. The van der Waals surface area contributed by atoms with Gasteiger partial charge in [-0.25, -0.2) is 0 Å². The average molecular weight is 355 g/mol. The number of aromatic amines is 1. The first-order valence-corrected chi connectivity index (χ1v) is 7.72. The fourth-order valence-corrected chi connectivity index (χ4v) is 2.65. The van der Waals surface area contributed by atoms with Crippen LogP contribution in [0.4, 0.5) is 18.9 Å². The third kappa shape index (κ3) is 3.90. The Bertz CT molecular complexity index is 821. The van der Waals surface area contributed by atoms with Gasteiger partial charge < -0.3 is 15.6 Å². The van der Waals surface area contributed by atoms with Crippen LogP contribution < -0.4 is 16.2 Å². The fourth-order valence-electron chi connectivity index (χ4n) is 2.65. The van der Waals surface area contributed by atoms with E-state index in [2.05, 4.69) is 15.7 Å². The lowest BCUT2D eigenvalue weighted by atomic mass is 10.1. The molecule has 7 nitrogen and oxygen atoms in total. The third-order valence-electron chi connectivity index (χ3n) is 3.96. The fraction of sp³-hybridized carbons (Fsp3) is 0.400. The Morgan fingerprint density at radius 2 is 2.20 bits per heavy atom. The Morgan fingerprint density at radius 1 is 1.40 bits per heavy atom. The lowest BCUT2D eigenvalue weighted by Crippen LogP contribution is -2.32. The molecule has 0 saturated carbocycles. The minimum atomic E-state index is -4.63. The van der Waals surface area contributed by atoms with Gasteiger partial charge in [0.1, 0.15) is 5.69 Å². The van der Waals surface area contributed by atoms with Gasteiger partial charge in [0.2, 0.25) is 0 Å². The van der Waals surface area contributed by atoms with Crippen LogP contribution in [-0.2, 0) is 6.18 Å². The average Bonchev–Trinajstić information content (AvgIpc) is 3.07. The Morgan fingerprint density at radius 3 is 2.88 bits per heavy atom. The van der Waals surface area contributed by atoms with E-state index in [-0.39, 0.29) is 11.7 Å². The largest absolute Gasteiger partial charge is 0.417 e. The van der Waals surface area contributed by atoms with Gasteiger partial charge in [-0.2, -0.15) is 18.3 Å². The summed E-state index contributed by atoms with van der Waals surface area (Å²) in [5, 5.41) is 9.57. The number of nitrogens with one attached hydrogen (secondary N) is 3. The third-order valence-corrected chi connectivity index (χ3v) is 3.96. The molecule has 25 heavy (non-hydrogen) atoms. The maximum absolute atomic E-state index is 12.7. The first-order valence-electron chi connectivity index (χ1n) is 7.72. The molecule has 0 bridgehead atoms. The van der Waals surface area contributed by atoms with E-state index in [1.54, 1.807) is 10.9 Å². The molecule has 134 valence electrons. The van der Waals surface area contributed by atoms with E-state index in [9.17, 15) is 22.8 Å². The molecule has 3 N–H and O–H groups in total. The number of hydrogen-bond donors (Lipinski definition) is 3. The number of H-pyrrole nitrogens is 1. The molecule has 1 amide bonds. The van der Waals surface area contributed by atoms with E-state index in [1.807, 2.05) is 4.98 Å². The highest BCUT2D eigenvalue weighted by Gasteiger charge is 2.31. The number of pyridine rings is 1. The second kappa shape index (κ2) is 6.71. The van der Waals surface area contributed by atoms with E-state index in [0.717, 1.165) is 25.9 Å². The van der Waals surface area contributed by atoms with Gasteiger partial charge in [0, 0.05) is 18.9 Å². The van der Waals surface area contributed by atoms with Crippen molar-refractivity contribution < 1.29 is 18.0 Å². The monoisotopic (exact) mass is 355 g/mol. The summed E-state index contributed by atoms with van der Waals surface area (Å²) in [5.41, 5.74) is -2.32. The molecule has 1 saturated heterocycles. The number of hydrogen-bond acceptors (Lipinski definition) is 4. The lowest BCUT2D eigenvalue weighted by Gasteiger charge is -2.22. The van der Waals surface area contributed by atoms with Crippen molar-refractivity contribution in [3.8, 4) is 0 Å². The van der Waals surface area contributed by atoms with Crippen LogP contribution in [0.5, 0.6) is 0 Å². The van der Waals surface area contributed by atoms with Gasteiger partial charge in [-0.1, -0.05) is 0 Å². The highest BCUT2D eigenvalue weighted by atomic mass is 19.4. The summed E-state index contributed by atoms with van der Waals surface area (Å²) in [6.45, 7) is 1.67. The predicted molar refractivity (Wildman–Crippen MR) is 83.4 cm³/mol. The molecule has 1 aliphatic heterocycles. The van der Waals surface area contributed by atoms with Crippen molar-refractivity contribution in [3.63, 3.8) is 0 Å². The Labute approximate surface area is 140 Å². The van der Waals surface area contributed by atoms with Gasteiger partial charge in [0.15, 0.2) is 5.69 Å². The molecule has 1 fully saturated rings. The smallest absolute Gasteiger partial charge is 0.327 e. The predicted octanol–water partition coefficient (Wildman–Crippen LogP) is 1.77. The molecule has 0 spiro atoms. The lowest BCUT2D eigenvalue weighted by molar-refractivity contribution is -0.137. The molecular weight excluding hydrogens is 339 g/mol. The first kappa shape index (κ1) is 17.2. The van der Waals surface area contributed by atoms with Gasteiger partial charge in [-0.15, -0.1) is 0 Å². The quantitative estimate of drug-likeness (QED) is 0.782. The number of amides is 1. The van der Waals surface area contributed by atoms with Gasteiger partial charge in [-0.3, -0.25) is 14.3 Å². The molecular formula is C15H16F3N5O2. The van der Waals surface area contributed by atoms with Crippen molar-refractivity contribution >= 4 is 11.6 Å². The number of carbonyl (C=O) groups excluding carboxylic acids is 1. The standard InChI is InChI=1S/C15H16F3N5O2/c16-15(17,18)9-6-12(13(24)20-7-9)21-14(25)11-3-5-23(22-11)10-2-1-4-19-8-10/h3,5-7,10,19H,1-2,4,8H2,(H,20,24)(H,21,25). The number of carbonyl (C=O) groups is 1. The number of anilines is 1. The Kier molecular flexibility index (Phi) is 4.62. The number of alkyl halides is 3. The number of halogens is 3. The molecule has 0 aromatic carbocycles. The molecule has 0 aliphatic carbocycles. The minimum Gasteiger partial charge on any atom is -0.327 e. The van der Waals surface area contributed by atoms with E-state index >= 15 is 0 Å². The Balaban J connectivity index is 1.76. The SMILES string of the molecule is O=C(Nc1cc(C(F)(F)F)c[nH]c1=O)c1ccn(C2CCCNC2)n1. The van der Waals surface area contributed by atoms with E-state index < -0.39 is 28.9 Å². The normalized spacial score (nSPS) is 18.1. The number of piperidine rings is 1. The summed E-state index contributed by atoms with van der Waals surface area (Å²) in [4.78, 5) is 25.8. The van der Waals surface area contributed by atoms with Gasteiger partial charge in [0.05, 0.1) is 11.6 Å². The van der Waals surface area contributed by atoms with E-state index in [1.165, 1.54) is 6.07 Å². The van der Waals surface area contributed by atoms with Crippen LogP contribution in [0.1, 0.15) is 34.9 Å². The van der Waals surface area contributed by atoms with Gasteiger partial charge in [-0.05, 0) is 31.5 Å². The van der Waals surface area contributed by atoms with Crippen LogP contribution in [0.3, 0.4) is 0 Å². The second-order valence-electron chi connectivity index (χ2n) is 5.76. The number of nitrogens with zero attached hydrogens (tertiary/aromatic N) is 2. The van der Waals surface area contributed by atoms with Crippen LogP contribution in [0.15, 0.2) is 29.3 Å². The van der Waals surface area contributed by atoms with Crippen LogP contribution >= 0.6 is 0 Å². The summed E-state index contributed by atoms with van der Waals surface area (Å²) >= 11 is 0. The summed E-state index contributed by atoms with van der Waals surface area (Å²) in [5.74, 6) is -0.743. The summed E-state index contributed by atoms with van der Waals surface area (Å²) in [6, 6.07) is 2.18. The molecule has 2 aromatic heterocycles. The molecule has 2 aromatic rings. The summed E-state index contributed by atoms with van der Waals surface area (Å²) < 4.78 is 39.8. The van der Waals surface area contributed by atoms with Crippen molar-refractivity contribution in [3.05, 3.63) is 46.1 Å². The van der Waals surface area contributed by atoms with Crippen molar-refractivity contribution in [2.75, 3.05) is 18.4 Å². The zero-order chi connectivity index (χ0) is 18.0. The maximum Gasteiger partial charge on any atom is 0.417 e. The minimum absolute atomic E-state index is 0.0300.